The molecular formula is C9H10N2O3. The van der Waals surface area contributed by atoms with Gasteiger partial charge in [0.1, 0.15) is 0 Å². The van der Waals surface area contributed by atoms with Crippen molar-refractivity contribution in [3.63, 3.8) is 0 Å². The van der Waals surface area contributed by atoms with Crippen molar-refractivity contribution in [1.82, 2.24) is 0 Å². The van der Waals surface area contributed by atoms with Gasteiger partial charge in [0.2, 0.25) is 5.91 Å². The molecule has 0 aromatic heterocycles. The Kier molecular flexibility index (Phi) is 2.71. The number of amides is 1. The topological polar surface area (TPSA) is 95.4 Å². The van der Waals surface area contributed by atoms with Crippen LogP contribution in [0.15, 0.2) is 18.2 Å². The van der Waals surface area contributed by atoms with Crippen LogP contribution in [0.4, 0.5) is 5.69 Å². The molecular weight excluding hydrogens is 184 g/mol. The molecule has 1 aromatic carbocycles. The van der Waals surface area contributed by atoms with Crippen LogP contribution in [-0.4, -0.2) is 19.0 Å². The lowest BCUT2D eigenvalue weighted by Crippen LogP contribution is -2.17. The van der Waals surface area contributed by atoms with Crippen molar-refractivity contribution in [2.24, 2.45) is 5.73 Å². The Morgan fingerprint density at radius 2 is 1.93 bits per heavy atom. The van der Waals surface area contributed by atoms with E-state index in [4.69, 9.17) is 11.5 Å². The third-order valence-electron chi connectivity index (χ3n) is 1.71. The van der Waals surface area contributed by atoms with Gasteiger partial charge >= 0.3 is 5.97 Å². The fourth-order valence-corrected chi connectivity index (χ4v) is 1.06. The van der Waals surface area contributed by atoms with E-state index in [1.165, 1.54) is 25.3 Å². The number of carbonyl (C=O) groups excluding carboxylic acids is 2. The third kappa shape index (κ3) is 1.82. The smallest absolute Gasteiger partial charge is 0.338 e. The largest absolute Gasteiger partial charge is 0.465 e. The van der Waals surface area contributed by atoms with Crippen molar-refractivity contribution in [2.75, 3.05) is 12.8 Å². The summed E-state index contributed by atoms with van der Waals surface area (Å²) in [5.74, 6) is -1.32. The number of rotatable bonds is 2. The molecule has 0 bridgehead atoms. The number of ether oxygens (including phenoxy) is 1. The first kappa shape index (κ1) is 10.0. The minimum Gasteiger partial charge on any atom is -0.465 e. The van der Waals surface area contributed by atoms with Gasteiger partial charge in [0.25, 0.3) is 0 Å². The highest BCUT2D eigenvalue weighted by molar-refractivity contribution is 6.05. The van der Waals surface area contributed by atoms with Gasteiger partial charge in [-0.25, -0.2) is 4.79 Å². The van der Waals surface area contributed by atoms with Crippen molar-refractivity contribution >= 4 is 17.6 Å². The molecule has 0 fully saturated rings. The fraction of sp³-hybridized carbons (Fsp3) is 0.111. The first-order valence-corrected chi connectivity index (χ1v) is 3.84. The van der Waals surface area contributed by atoms with Crippen molar-refractivity contribution in [3.8, 4) is 0 Å². The Labute approximate surface area is 80.6 Å². The van der Waals surface area contributed by atoms with Crippen LogP contribution in [0.5, 0.6) is 0 Å². The van der Waals surface area contributed by atoms with E-state index in [1.807, 2.05) is 0 Å². The minimum absolute atomic E-state index is 0.0833. The highest BCUT2D eigenvalue weighted by Gasteiger charge is 2.15. The fourth-order valence-electron chi connectivity index (χ4n) is 1.06. The Morgan fingerprint density at radius 3 is 2.43 bits per heavy atom. The number of hydrogen-bond donors (Lipinski definition) is 2. The van der Waals surface area contributed by atoms with Gasteiger partial charge in [-0.05, 0) is 18.2 Å². The van der Waals surface area contributed by atoms with E-state index in [0.717, 1.165) is 0 Å². The summed E-state index contributed by atoms with van der Waals surface area (Å²) in [6, 6.07) is 4.24. The number of anilines is 1. The summed E-state index contributed by atoms with van der Waals surface area (Å²) in [5, 5.41) is 0. The van der Waals surface area contributed by atoms with Crippen LogP contribution < -0.4 is 11.5 Å². The third-order valence-corrected chi connectivity index (χ3v) is 1.71. The molecule has 74 valence electrons. The molecule has 0 spiro atoms. The zero-order chi connectivity index (χ0) is 10.7. The summed E-state index contributed by atoms with van der Waals surface area (Å²) in [6.07, 6.45) is 0. The molecule has 0 saturated heterocycles. The van der Waals surface area contributed by atoms with E-state index < -0.39 is 11.9 Å². The van der Waals surface area contributed by atoms with Crippen LogP contribution in [0.3, 0.4) is 0 Å². The molecule has 0 saturated carbocycles. The SMILES string of the molecule is COC(=O)c1cc(N)ccc1C(N)=O. The molecule has 1 amide bonds. The Balaban J connectivity index is 3.29. The normalized spacial score (nSPS) is 9.50. The van der Waals surface area contributed by atoms with Crippen molar-refractivity contribution in [3.05, 3.63) is 29.3 Å². The van der Waals surface area contributed by atoms with Crippen molar-refractivity contribution < 1.29 is 14.3 Å². The summed E-state index contributed by atoms with van der Waals surface area (Å²) in [5.41, 5.74) is 11.1. The maximum Gasteiger partial charge on any atom is 0.338 e. The quantitative estimate of drug-likeness (QED) is 0.517. The lowest BCUT2D eigenvalue weighted by Gasteiger charge is -2.05. The van der Waals surface area contributed by atoms with Crippen LogP contribution in [0.25, 0.3) is 0 Å². The molecule has 1 aromatic rings. The standard InChI is InChI=1S/C9H10N2O3/c1-14-9(13)7-4-5(10)2-3-6(7)8(11)12/h2-4H,10H2,1H3,(H2,11,12). The maximum absolute atomic E-state index is 11.2. The molecule has 0 heterocycles. The number of hydrogen-bond acceptors (Lipinski definition) is 4. The van der Waals surface area contributed by atoms with Gasteiger partial charge in [0, 0.05) is 5.69 Å². The minimum atomic E-state index is -0.689. The van der Waals surface area contributed by atoms with Gasteiger partial charge in [0.05, 0.1) is 18.2 Å². The van der Waals surface area contributed by atoms with E-state index in [2.05, 4.69) is 4.74 Å². The summed E-state index contributed by atoms with van der Waals surface area (Å²) in [7, 11) is 1.22. The van der Waals surface area contributed by atoms with Crippen LogP contribution in [-0.2, 0) is 4.74 Å². The van der Waals surface area contributed by atoms with Crippen LogP contribution in [0, 0.1) is 0 Å². The monoisotopic (exact) mass is 194 g/mol. The highest BCUT2D eigenvalue weighted by Crippen LogP contribution is 2.14. The zero-order valence-electron chi connectivity index (χ0n) is 7.61. The summed E-state index contributed by atoms with van der Waals surface area (Å²) < 4.78 is 4.48. The Hall–Kier alpha value is -2.04. The van der Waals surface area contributed by atoms with Gasteiger partial charge in [-0.3, -0.25) is 4.79 Å². The first-order chi connectivity index (χ1) is 6.56. The summed E-state index contributed by atoms with van der Waals surface area (Å²) in [4.78, 5) is 22.1. The molecule has 14 heavy (non-hydrogen) atoms. The van der Waals surface area contributed by atoms with Crippen LogP contribution in [0.1, 0.15) is 20.7 Å². The molecule has 0 atom stereocenters. The number of carbonyl (C=O) groups is 2. The predicted molar refractivity (Wildman–Crippen MR) is 50.7 cm³/mol. The number of methoxy groups -OCH3 is 1. The van der Waals surface area contributed by atoms with Crippen LogP contribution in [0.2, 0.25) is 0 Å². The second-order valence-electron chi connectivity index (χ2n) is 2.66. The second-order valence-corrected chi connectivity index (χ2v) is 2.66. The molecule has 1 rings (SSSR count). The maximum atomic E-state index is 11.2. The van der Waals surface area contributed by atoms with Gasteiger partial charge in [-0.2, -0.15) is 0 Å². The number of esters is 1. The second kappa shape index (κ2) is 3.78. The summed E-state index contributed by atoms with van der Waals surface area (Å²) >= 11 is 0. The van der Waals surface area contributed by atoms with Gasteiger partial charge in [-0.15, -0.1) is 0 Å². The molecule has 4 N–H and O–H groups in total. The van der Waals surface area contributed by atoms with E-state index in [0.29, 0.717) is 5.69 Å². The molecule has 0 aliphatic rings. The lowest BCUT2D eigenvalue weighted by atomic mass is 10.1. The van der Waals surface area contributed by atoms with Crippen molar-refractivity contribution in [2.45, 2.75) is 0 Å². The summed E-state index contributed by atoms with van der Waals surface area (Å²) in [6.45, 7) is 0. The average molecular weight is 194 g/mol. The predicted octanol–water partition coefficient (Wildman–Crippen LogP) is 0.154. The van der Waals surface area contributed by atoms with E-state index >= 15 is 0 Å². The first-order valence-electron chi connectivity index (χ1n) is 3.84. The van der Waals surface area contributed by atoms with E-state index in [-0.39, 0.29) is 11.1 Å². The molecule has 0 aliphatic carbocycles. The zero-order valence-corrected chi connectivity index (χ0v) is 7.61. The molecule has 0 unspecified atom stereocenters. The number of primary amides is 1. The molecule has 0 radical (unpaired) electrons. The van der Waals surface area contributed by atoms with Crippen molar-refractivity contribution in [1.29, 1.82) is 0 Å². The average Bonchev–Trinajstić information content (AvgIpc) is 2.16. The Bertz CT molecular complexity index is 388. The molecule has 5 nitrogen and oxygen atoms in total. The van der Waals surface area contributed by atoms with Gasteiger partial charge in [-0.1, -0.05) is 0 Å². The van der Waals surface area contributed by atoms with Crippen LogP contribution >= 0.6 is 0 Å². The number of nitrogens with two attached hydrogens (primary N) is 2. The molecule has 5 heteroatoms. The number of benzene rings is 1. The number of nitrogen functional groups attached to an aromatic ring is 1. The highest BCUT2D eigenvalue weighted by atomic mass is 16.5. The Morgan fingerprint density at radius 1 is 1.29 bits per heavy atom. The van der Waals surface area contributed by atoms with Gasteiger partial charge < -0.3 is 16.2 Å². The lowest BCUT2D eigenvalue weighted by molar-refractivity contribution is 0.0597. The van der Waals surface area contributed by atoms with E-state index in [9.17, 15) is 9.59 Å². The molecule has 0 aliphatic heterocycles. The van der Waals surface area contributed by atoms with Gasteiger partial charge in [0.15, 0.2) is 0 Å². The van der Waals surface area contributed by atoms with E-state index in [1.54, 1.807) is 0 Å².